The van der Waals surface area contributed by atoms with E-state index in [1.54, 1.807) is 12.1 Å². The van der Waals surface area contributed by atoms with E-state index in [-0.39, 0.29) is 16.9 Å². The van der Waals surface area contributed by atoms with Crippen molar-refractivity contribution in [3.63, 3.8) is 0 Å². The first-order valence-electron chi connectivity index (χ1n) is 14.6. The lowest BCUT2D eigenvalue weighted by molar-refractivity contribution is -0.187. The Labute approximate surface area is 273 Å². The molecule has 49 heavy (non-hydrogen) atoms. The van der Waals surface area contributed by atoms with Gasteiger partial charge in [-0.25, -0.2) is 17.6 Å². The summed E-state index contributed by atoms with van der Waals surface area (Å²) in [5.74, 6) is -7.55. The molecule has 0 saturated heterocycles. The molecule has 0 spiro atoms. The molecule has 0 bridgehead atoms. The summed E-state index contributed by atoms with van der Waals surface area (Å²) in [5, 5.41) is 0. The van der Waals surface area contributed by atoms with E-state index in [0.717, 1.165) is 54.8 Å². The molecular formula is C37H24F10O2. The summed E-state index contributed by atoms with van der Waals surface area (Å²) >= 11 is 0. The zero-order chi connectivity index (χ0) is 35.5. The smallest absolute Gasteiger partial charge is 0.429 e. The van der Waals surface area contributed by atoms with E-state index in [1.165, 1.54) is 24.3 Å². The Balaban J connectivity index is 1.30. The molecule has 0 heterocycles. The Hall–Kier alpha value is -5.26. The van der Waals surface area contributed by atoms with E-state index in [1.807, 2.05) is 19.1 Å². The third-order valence-corrected chi connectivity index (χ3v) is 7.34. The van der Waals surface area contributed by atoms with Gasteiger partial charge in [0, 0.05) is 5.56 Å². The standard InChI is InChI=1S/C37H24F10O2/c1-2-3-21-4-6-22(7-5-21)25-11-15-29(31(39)17-25)37(46,47)48-27-12-8-23(9-13-27)24-10-14-28(30(38)16-24)26-18-32(40)35(33(41)19-26)49-36(44,45)20-34(42)43/h4-20H,2-3H2,1H3. The van der Waals surface area contributed by atoms with Crippen molar-refractivity contribution in [3.8, 4) is 44.9 Å². The number of benzene rings is 5. The minimum atomic E-state index is -4.73. The van der Waals surface area contributed by atoms with Crippen LogP contribution in [0.2, 0.25) is 0 Å². The van der Waals surface area contributed by atoms with Gasteiger partial charge in [-0.2, -0.15) is 26.3 Å². The van der Waals surface area contributed by atoms with Gasteiger partial charge in [-0.15, -0.1) is 0 Å². The lowest BCUT2D eigenvalue weighted by atomic mass is 9.99. The number of ether oxygens (including phenoxy) is 2. The van der Waals surface area contributed by atoms with Crippen LogP contribution in [0.25, 0.3) is 33.4 Å². The minimum Gasteiger partial charge on any atom is -0.429 e. The van der Waals surface area contributed by atoms with Crippen molar-refractivity contribution in [2.24, 2.45) is 0 Å². The van der Waals surface area contributed by atoms with Crippen LogP contribution in [0.3, 0.4) is 0 Å². The first kappa shape index (κ1) is 35.1. The highest BCUT2D eigenvalue weighted by Crippen LogP contribution is 2.38. The number of halogens is 10. The van der Waals surface area contributed by atoms with Crippen LogP contribution in [-0.2, 0) is 12.5 Å². The van der Waals surface area contributed by atoms with Crippen LogP contribution in [-0.4, -0.2) is 6.11 Å². The molecule has 0 fully saturated rings. The van der Waals surface area contributed by atoms with Crippen LogP contribution < -0.4 is 9.47 Å². The van der Waals surface area contributed by atoms with Crippen LogP contribution in [0.5, 0.6) is 11.5 Å². The second-order valence-corrected chi connectivity index (χ2v) is 10.8. The summed E-state index contributed by atoms with van der Waals surface area (Å²) in [5.41, 5.74) is 0.952. The summed E-state index contributed by atoms with van der Waals surface area (Å²) in [4.78, 5) is 0. The molecule has 0 aliphatic carbocycles. The number of alkyl halides is 4. The Kier molecular flexibility index (Phi) is 10.1. The Bertz CT molecular complexity index is 1960. The average Bonchev–Trinajstić information content (AvgIpc) is 3.02. The van der Waals surface area contributed by atoms with Gasteiger partial charge in [0.2, 0.25) is 0 Å². The van der Waals surface area contributed by atoms with Crippen LogP contribution in [0.15, 0.2) is 109 Å². The lowest BCUT2D eigenvalue weighted by Crippen LogP contribution is -2.23. The molecule has 0 aliphatic heterocycles. The Morgan fingerprint density at radius 1 is 0.592 bits per heavy atom. The Morgan fingerprint density at radius 3 is 1.63 bits per heavy atom. The van der Waals surface area contributed by atoms with E-state index < -0.39 is 64.5 Å². The van der Waals surface area contributed by atoms with Gasteiger partial charge < -0.3 is 9.47 Å². The fraction of sp³-hybridized carbons (Fsp3) is 0.135. The molecule has 2 nitrogen and oxygen atoms in total. The number of aryl methyl sites for hydroxylation is 1. The molecule has 5 aromatic rings. The van der Waals surface area contributed by atoms with Crippen molar-refractivity contribution in [1.29, 1.82) is 0 Å². The molecule has 0 aromatic heterocycles. The van der Waals surface area contributed by atoms with Crippen LogP contribution >= 0.6 is 0 Å². The summed E-state index contributed by atoms with van der Waals surface area (Å²) in [7, 11) is 0. The molecule has 12 heteroatoms. The second-order valence-electron chi connectivity index (χ2n) is 10.8. The van der Waals surface area contributed by atoms with E-state index in [2.05, 4.69) is 4.74 Å². The largest absolute Gasteiger partial charge is 0.429 e. The highest BCUT2D eigenvalue weighted by molar-refractivity contribution is 5.72. The molecular weight excluding hydrogens is 666 g/mol. The molecule has 254 valence electrons. The van der Waals surface area contributed by atoms with Crippen molar-refractivity contribution in [2.75, 3.05) is 0 Å². The quantitative estimate of drug-likeness (QED) is 0.129. The van der Waals surface area contributed by atoms with Gasteiger partial charge in [0.1, 0.15) is 17.4 Å². The predicted molar refractivity (Wildman–Crippen MR) is 163 cm³/mol. The van der Waals surface area contributed by atoms with E-state index in [9.17, 15) is 30.7 Å². The van der Waals surface area contributed by atoms with E-state index >= 15 is 13.2 Å². The van der Waals surface area contributed by atoms with Gasteiger partial charge in [-0.3, -0.25) is 0 Å². The second kappa shape index (κ2) is 14.1. The average molecular weight is 691 g/mol. The van der Waals surface area contributed by atoms with Crippen LogP contribution in [0.1, 0.15) is 24.5 Å². The van der Waals surface area contributed by atoms with E-state index in [0.29, 0.717) is 28.8 Å². The van der Waals surface area contributed by atoms with Gasteiger partial charge in [0.15, 0.2) is 17.4 Å². The SMILES string of the molecule is CCCc1ccc(-c2ccc(C(F)(F)Oc3ccc(-c4ccc(-c5cc(F)c(OC(F)(F)C=C(F)F)c(F)c5)c(F)c4)cc3)c(F)c2)cc1. The zero-order valence-electron chi connectivity index (χ0n) is 25.3. The first-order valence-corrected chi connectivity index (χ1v) is 14.6. The zero-order valence-corrected chi connectivity index (χ0v) is 25.3. The Morgan fingerprint density at radius 2 is 1.10 bits per heavy atom. The number of rotatable bonds is 11. The third-order valence-electron chi connectivity index (χ3n) is 7.34. The van der Waals surface area contributed by atoms with Crippen LogP contribution in [0, 0.1) is 23.3 Å². The fourth-order valence-corrected chi connectivity index (χ4v) is 5.04. The molecule has 0 amide bonds. The first-order chi connectivity index (χ1) is 23.2. The monoisotopic (exact) mass is 690 g/mol. The van der Waals surface area contributed by atoms with Crippen LogP contribution in [0.4, 0.5) is 43.9 Å². The van der Waals surface area contributed by atoms with Gasteiger partial charge in [-0.1, -0.05) is 67.9 Å². The number of hydrogen-bond acceptors (Lipinski definition) is 2. The molecule has 0 N–H and O–H groups in total. The normalized spacial score (nSPS) is 11.7. The minimum absolute atomic E-state index is 0.212. The van der Waals surface area contributed by atoms with Crippen molar-refractivity contribution < 1.29 is 53.4 Å². The van der Waals surface area contributed by atoms with Crippen molar-refractivity contribution in [2.45, 2.75) is 32.0 Å². The molecule has 0 saturated carbocycles. The third kappa shape index (κ3) is 8.25. The maximum atomic E-state index is 15.1. The van der Waals surface area contributed by atoms with E-state index in [4.69, 9.17) is 4.74 Å². The van der Waals surface area contributed by atoms with Crippen molar-refractivity contribution in [1.82, 2.24) is 0 Å². The molecule has 0 unspecified atom stereocenters. The number of hydrogen-bond donors (Lipinski definition) is 0. The topological polar surface area (TPSA) is 18.5 Å². The molecule has 0 atom stereocenters. The molecule has 5 rings (SSSR count). The molecule has 0 radical (unpaired) electrons. The predicted octanol–water partition coefficient (Wildman–Crippen LogP) is 12.1. The van der Waals surface area contributed by atoms with Gasteiger partial charge in [0.05, 0.1) is 11.6 Å². The van der Waals surface area contributed by atoms with Gasteiger partial charge in [0.25, 0.3) is 6.08 Å². The molecule has 0 aliphatic rings. The summed E-state index contributed by atoms with van der Waals surface area (Å²) in [6.45, 7) is 2.04. The maximum absolute atomic E-state index is 15.1. The molecule has 5 aromatic carbocycles. The highest BCUT2D eigenvalue weighted by Gasteiger charge is 2.38. The maximum Gasteiger partial charge on any atom is 0.429 e. The summed E-state index contributed by atoms with van der Waals surface area (Å²) in [6.07, 6.45) is -10.7. The van der Waals surface area contributed by atoms with Gasteiger partial charge in [-0.05, 0) is 82.3 Å². The van der Waals surface area contributed by atoms with Crippen molar-refractivity contribution >= 4 is 0 Å². The van der Waals surface area contributed by atoms with Crippen molar-refractivity contribution in [3.05, 3.63) is 144 Å². The highest BCUT2D eigenvalue weighted by atomic mass is 19.3. The lowest BCUT2D eigenvalue weighted by Gasteiger charge is -2.19. The summed E-state index contributed by atoms with van der Waals surface area (Å²) < 4.78 is 149. The summed E-state index contributed by atoms with van der Waals surface area (Å²) in [6, 6.07) is 20.0. The fourth-order valence-electron chi connectivity index (χ4n) is 5.04. The van der Waals surface area contributed by atoms with Gasteiger partial charge >= 0.3 is 12.2 Å².